The number of alkyl halides is 3. The van der Waals surface area contributed by atoms with Crippen LogP contribution in [-0.4, -0.2) is 84.3 Å². The first-order valence-corrected chi connectivity index (χ1v) is 13.7. The Balaban J connectivity index is 0.000000532. The molecule has 3 N–H and O–H groups in total. The van der Waals surface area contributed by atoms with Crippen LogP contribution in [0.2, 0.25) is 0 Å². The van der Waals surface area contributed by atoms with E-state index in [4.69, 9.17) is 20.4 Å². The Bertz CT molecular complexity index is 969. The smallest absolute Gasteiger partial charge is 0.475 e. The number of hydrogen-bond acceptors (Lipinski definition) is 5. The third kappa shape index (κ3) is 8.93. The van der Waals surface area contributed by atoms with Crippen LogP contribution in [0.25, 0.3) is 0 Å². The molecule has 4 rings (SSSR count). The topological polar surface area (TPSA) is 113 Å². The molecular formula is C28H40F3N3O5. The Hall–Kier alpha value is -2.66. The van der Waals surface area contributed by atoms with Crippen LogP contribution in [-0.2, 0) is 14.3 Å². The molecular weight excluding hydrogens is 515 g/mol. The molecule has 1 aliphatic carbocycles. The number of carboxylic acids is 1. The van der Waals surface area contributed by atoms with Gasteiger partial charge in [0.25, 0.3) is 0 Å². The van der Waals surface area contributed by atoms with Gasteiger partial charge in [-0.15, -0.1) is 0 Å². The van der Waals surface area contributed by atoms with E-state index >= 15 is 0 Å². The average Bonchev–Trinajstić information content (AvgIpc) is 3.13. The van der Waals surface area contributed by atoms with Gasteiger partial charge in [-0.25, -0.2) is 4.79 Å². The number of nitrogens with zero attached hydrogens (tertiary/aromatic N) is 2. The van der Waals surface area contributed by atoms with Gasteiger partial charge in [-0.05, 0) is 68.1 Å². The summed E-state index contributed by atoms with van der Waals surface area (Å²) in [7, 11) is 1.61. The summed E-state index contributed by atoms with van der Waals surface area (Å²) in [4.78, 5) is 38.0. The van der Waals surface area contributed by atoms with Crippen molar-refractivity contribution in [3.05, 3.63) is 35.4 Å². The molecule has 2 aliphatic heterocycles. The maximum absolute atomic E-state index is 12.7. The Morgan fingerprint density at radius 3 is 2.23 bits per heavy atom. The minimum Gasteiger partial charge on any atom is -0.475 e. The number of carboxylic acid groups (broad SMARTS) is 1. The van der Waals surface area contributed by atoms with Gasteiger partial charge in [0.15, 0.2) is 0 Å². The van der Waals surface area contributed by atoms with Crippen LogP contribution in [0.4, 0.5) is 13.2 Å². The molecule has 0 radical (unpaired) electrons. The van der Waals surface area contributed by atoms with Crippen molar-refractivity contribution >= 4 is 17.8 Å². The summed E-state index contributed by atoms with van der Waals surface area (Å²) in [5.74, 6) is -1.86. The molecule has 2 bridgehead atoms. The lowest BCUT2D eigenvalue weighted by Gasteiger charge is -2.40. The van der Waals surface area contributed by atoms with Crippen molar-refractivity contribution in [2.24, 2.45) is 11.7 Å². The van der Waals surface area contributed by atoms with Gasteiger partial charge in [0.2, 0.25) is 11.8 Å². The second-order valence-electron chi connectivity index (χ2n) is 10.9. The number of hydrogen-bond donors (Lipinski definition) is 2. The molecule has 2 amide bonds. The first-order chi connectivity index (χ1) is 18.5. The maximum Gasteiger partial charge on any atom is 0.490 e. The number of carbonyl (C=O) groups is 3. The number of carbonyl (C=O) groups excluding carboxylic acids is 2. The number of aliphatic carboxylic acids is 1. The third-order valence-electron chi connectivity index (χ3n) is 8.22. The van der Waals surface area contributed by atoms with Crippen molar-refractivity contribution in [2.45, 2.75) is 82.0 Å². The van der Waals surface area contributed by atoms with Gasteiger partial charge in [0, 0.05) is 44.4 Å². The molecule has 3 fully saturated rings. The molecule has 39 heavy (non-hydrogen) atoms. The Morgan fingerprint density at radius 2 is 1.69 bits per heavy atom. The molecule has 11 heteroatoms. The van der Waals surface area contributed by atoms with Crippen LogP contribution >= 0.6 is 0 Å². The summed E-state index contributed by atoms with van der Waals surface area (Å²) in [6.07, 6.45) is 6.03. The number of halogens is 3. The zero-order valence-electron chi connectivity index (χ0n) is 22.5. The Kier molecular flexibility index (Phi) is 11.2. The first-order valence-electron chi connectivity index (χ1n) is 13.7. The van der Waals surface area contributed by atoms with Crippen molar-refractivity contribution in [1.82, 2.24) is 9.80 Å². The van der Waals surface area contributed by atoms with E-state index in [2.05, 4.69) is 15.9 Å². The molecule has 2 saturated heterocycles. The van der Waals surface area contributed by atoms with Gasteiger partial charge in [-0.3, -0.25) is 14.5 Å². The van der Waals surface area contributed by atoms with Crippen LogP contribution in [0.5, 0.6) is 0 Å². The summed E-state index contributed by atoms with van der Waals surface area (Å²) in [5.41, 5.74) is 7.34. The number of methoxy groups -OCH3 is 1. The van der Waals surface area contributed by atoms with Crippen LogP contribution < -0.4 is 5.73 Å². The summed E-state index contributed by atoms with van der Waals surface area (Å²) < 4.78 is 36.9. The molecule has 1 aromatic carbocycles. The zero-order chi connectivity index (χ0) is 28.6. The second kappa shape index (κ2) is 14.1. The highest BCUT2D eigenvalue weighted by atomic mass is 19.4. The molecule has 2 unspecified atom stereocenters. The summed E-state index contributed by atoms with van der Waals surface area (Å²) in [6, 6.07) is 9.00. The van der Waals surface area contributed by atoms with E-state index in [-0.39, 0.29) is 18.4 Å². The fraction of sp³-hybridized carbons (Fsp3) is 0.679. The van der Waals surface area contributed by atoms with Gasteiger partial charge in [-0.1, -0.05) is 31.4 Å². The molecule has 218 valence electrons. The minimum atomic E-state index is -5.08. The van der Waals surface area contributed by atoms with Crippen LogP contribution in [0.3, 0.4) is 0 Å². The number of nitrogens with two attached hydrogens (primary N) is 1. The van der Waals surface area contributed by atoms with E-state index < -0.39 is 12.1 Å². The largest absolute Gasteiger partial charge is 0.490 e. The van der Waals surface area contributed by atoms with Gasteiger partial charge >= 0.3 is 12.1 Å². The molecule has 0 spiro atoms. The molecule has 3 aliphatic rings. The quantitative estimate of drug-likeness (QED) is 0.473. The van der Waals surface area contributed by atoms with Gasteiger partial charge < -0.3 is 20.5 Å². The third-order valence-corrected chi connectivity index (χ3v) is 8.22. The van der Waals surface area contributed by atoms with E-state index in [1.165, 1.54) is 50.5 Å². The minimum absolute atomic E-state index is 0.128. The highest BCUT2D eigenvalue weighted by molar-refractivity contribution is 5.92. The van der Waals surface area contributed by atoms with Crippen molar-refractivity contribution < 1.29 is 37.4 Å². The van der Waals surface area contributed by atoms with E-state index in [9.17, 15) is 22.8 Å². The van der Waals surface area contributed by atoms with Crippen LogP contribution in [0.15, 0.2) is 24.3 Å². The number of primary amides is 1. The fourth-order valence-corrected chi connectivity index (χ4v) is 6.31. The second-order valence-corrected chi connectivity index (χ2v) is 10.9. The van der Waals surface area contributed by atoms with E-state index in [0.717, 1.165) is 32.5 Å². The Labute approximate surface area is 227 Å². The molecule has 2 atom stereocenters. The lowest BCUT2D eigenvalue weighted by molar-refractivity contribution is -0.192. The molecule has 0 aromatic heterocycles. The van der Waals surface area contributed by atoms with Crippen molar-refractivity contribution in [3.8, 4) is 0 Å². The summed E-state index contributed by atoms with van der Waals surface area (Å²) in [5, 5.41) is 7.12. The highest BCUT2D eigenvalue weighted by Gasteiger charge is 2.41. The zero-order valence-corrected chi connectivity index (χ0v) is 22.5. The molecule has 1 saturated carbocycles. The number of benzene rings is 1. The number of piperidine rings is 1. The van der Waals surface area contributed by atoms with Crippen molar-refractivity contribution in [3.63, 3.8) is 0 Å². The lowest BCUT2D eigenvalue weighted by Crippen LogP contribution is -2.48. The van der Waals surface area contributed by atoms with Crippen molar-refractivity contribution in [2.75, 3.05) is 33.4 Å². The normalized spacial score (nSPS) is 23.5. The predicted molar refractivity (Wildman–Crippen MR) is 139 cm³/mol. The number of rotatable bonds is 9. The van der Waals surface area contributed by atoms with E-state index in [1.807, 2.05) is 12.1 Å². The molecule has 1 aromatic rings. The lowest BCUT2D eigenvalue weighted by atomic mass is 9.84. The standard InChI is InChI=1S/C26H39N3O3.C2HF3O2/c1-32-18-25(30)28(17-19-6-3-2-4-7-19)12-13-29-23-10-11-24(29)16-22(15-23)20-8-5-9-21(14-20)26(27)31;3-2(4,5)1(6)7/h5,8-9,14,19,22-24H,2-4,6-7,10-13,15-18H2,1H3,(H2,27,31);(H,6,7). The SMILES string of the molecule is COCC(=O)N(CCN1C2CCC1CC(c1cccc(C(N)=O)c1)C2)CC1CCCCC1.O=C(O)C(F)(F)F. The highest BCUT2D eigenvalue weighted by Crippen LogP contribution is 2.43. The maximum atomic E-state index is 12.7. The summed E-state index contributed by atoms with van der Waals surface area (Å²) >= 11 is 0. The van der Waals surface area contributed by atoms with Crippen LogP contribution in [0, 0.1) is 5.92 Å². The number of fused-ring (bicyclic) bond motifs is 2. The molecule has 8 nitrogen and oxygen atoms in total. The van der Waals surface area contributed by atoms with Gasteiger partial charge in [0.05, 0.1) is 0 Å². The van der Waals surface area contributed by atoms with E-state index in [1.54, 1.807) is 13.2 Å². The number of ether oxygens (including phenoxy) is 1. The van der Waals surface area contributed by atoms with Crippen molar-refractivity contribution in [1.29, 1.82) is 0 Å². The monoisotopic (exact) mass is 555 g/mol. The molecule has 2 heterocycles. The number of amides is 2. The Morgan fingerprint density at radius 1 is 1.08 bits per heavy atom. The van der Waals surface area contributed by atoms with Gasteiger partial charge in [-0.2, -0.15) is 13.2 Å². The summed E-state index contributed by atoms with van der Waals surface area (Å²) in [6.45, 7) is 2.81. The predicted octanol–water partition coefficient (Wildman–Crippen LogP) is 4.18. The van der Waals surface area contributed by atoms with Gasteiger partial charge in [0.1, 0.15) is 6.61 Å². The fourth-order valence-electron chi connectivity index (χ4n) is 6.31. The first kappa shape index (κ1) is 30.9. The average molecular weight is 556 g/mol. The van der Waals surface area contributed by atoms with E-state index in [0.29, 0.717) is 29.5 Å². The van der Waals surface area contributed by atoms with Crippen LogP contribution in [0.1, 0.15) is 79.6 Å².